The molecular weight excluding hydrogens is 1070 g/mol. The van der Waals surface area contributed by atoms with Crippen molar-refractivity contribution in [3.05, 3.63) is 196 Å². The lowest BCUT2D eigenvalue weighted by atomic mass is 9.74. The number of hydrogen-bond donors (Lipinski definition) is 0. The standard InChI is InChI=1S/C27H21Cl4F2N3O.C27H23Cl3FN3O/c28-17-3-6-22-19(14-17)27(15-36(22)26(37)16-12-23(29)34-24(30)13-16)7-10-35(11-8-27)9-1-2-18-20(32)4-5-21(33)25(18)31;28-19-6-7-24-21(16-19)27(17-34(24)26(35)18-8-11-32-25(30)15-18)9-13-33(14-10-27)12-2-3-20-22(29)4-1-5-23(20)31/h1-6,12-14H,7-11,15H2;1-8,11,15-16H,9-10,12-14,17H2/b2-1+;3-2+. The summed E-state index contributed by atoms with van der Waals surface area (Å²) < 4.78 is 41.8. The monoisotopic (exact) mass is 1110 g/mol. The minimum absolute atomic E-state index is 0.0416. The van der Waals surface area contributed by atoms with Crippen LogP contribution in [0.4, 0.5) is 24.5 Å². The summed E-state index contributed by atoms with van der Waals surface area (Å²) in [5.41, 5.74) is 4.79. The molecule has 6 heterocycles. The third kappa shape index (κ3) is 11.1. The van der Waals surface area contributed by atoms with Crippen molar-refractivity contribution in [1.82, 2.24) is 19.8 Å². The highest BCUT2D eigenvalue weighted by atomic mass is 35.5. The van der Waals surface area contributed by atoms with Gasteiger partial charge in [-0.2, -0.15) is 0 Å². The van der Waals surface area contributed by atoms with Gasteiger partial charge in [0.15, 0.2) is 0 Å². The maximum Gasteiger partial charge on any atom is 0.258 e. The molecule has 2 spiro atoms. The highest BCUT2D eigenvalue weighted by molar-refractivity contribution is 6.34. The Labute approximate surface area is 450 Å². The summed E-state index contributed by atoms with van der Waals surface area (Å²) in [4.78, 5) is 43.0. The minimum atomic E-state index is -0.656. The van der Waals surface area contributed by atoms with Crippen LogP contribution in [0.1, 0.15) is 68.7 Å². The second-order valence-corrected chi connectivity index (χ2v) is 21.2. The van der Waals surface area contributed by atoms with Crippen molar-refractivity contribution >= 4 is 117 Å². The molecule has 0 saturated carbocycles. The van der Waals surface area contributed by atoms with Crippen LogP contribution in [0.3, 0.4) is 0 Å². The first-order valence-corrected chi connectivity index (χ1v) is 25.7. The lowest BCUT2D eigenvalue weighted by molar-refractivity contribution is 0.0970. The van der Waals surface area contributed by atoms with Gasteiger partial charge >= 0.3 is 0 Å². The van der Waals surface area contributed by atoms with Gasteiger partial charge < -0.3 is 9.80 Å². The molecule has 0 N–H and O–H groups in total. The van der Waals surface area contributed by atoms with Crippen LogP contribution in [0.25, 0.3) is 12.2 Å². The van der Waals surface area contributed by atoms with Gasteiger partial charge in [0.1, 0.15) is 32.9 Å². The fourth-order valence-electron chi connectivity index (χ4n) is 10.3. The molecule has 6 aromatic rings. The van der Waals surface area contributed by atoms with Gasteiger partial charge in [-0.3, -0.25) is 19.4 Å². The van der Waals surface area contributed by atoms with Crippen LogP contribution in [0.5, 0.6) is 0 Å². The summed E-state index contributed by atoms with van der Waals surface area (Å²) in [7, 11) is 0. The SMILES string of the molecule is O=C(c1cc(Cl)nc(Cl)c1)N1CC2(CCN(C/C=C/c3c(F)ccc(F)c3Cl)CC2)c2cc(Cl)ccc21.O=C(c1ccnc(Cl)c1)N1CC2(CCN(C/C=C/c3c(F)cccc3Cl)CC2)c2cc(Cl)ccc21. The summed E-state index contributed by atoms with van der Waals surface area (Å²) in [6.07, 6.45) is 11.9. The zero-order chi connectivity index (χ0) is 50.9. The lowest BCUT2D eigenvalue weighted by Crippen LogP contribution is -2.46. The highest BCUT2D eigenvalue weighted by Crippen LogP contribution is 2.50. The third-order valence-corrected chi connectivity index (χ3v) is 15.8. The molecule has 2 saturated heterocycles. The number of halogens is 10. The van der Waals surface area contributed by atoms with E-state index in [0.29, 0.717) is 63.1 Å². The first-order valence-electron chi connectivity index (χ1n) is 23.1. The normalized spacial score (nSPS) is 17.2. The number of hydrogen-bond acceptors (Lipinski definition) is 6. The highest BCUT2D eigenvalue weighted by Gasteiger charge is 2.48. The minimum Gasteiger partial charge on any atom is -0.307 e. The second kappa shape index (κ2) is 22.0. The second-order valence-electron chi connectivity index (χ2n) is 18.3. The van der Waals surface area contributed by atoms with Gasteiger partial charge in [0, 0.05) is 86.9 Å². The number of fused-ring (bicyclic) bond motifs is 4. The first kappa shape index (κ1) is 52.2. The summed E-state index contributed by atoms with van der Waals surface area (Å²) in [6.45, 7) is 5.57. The molecule has 0 atom stereocenters. The number of anilines is 2. The quantitative estimate of drug-likeness (QED) is 0.112. The van der Waals surface area contributed by atoms with E-state index in [1.807, 2.05) is 41.3 Å². The van der Waals surface area contributed by atoms with E-state index in [9.17, 15) is 22.8 Å². The van der Waals surface area contributed by atoms with E-state index in [2.05, 4.69) is 19.8 Å². The molecule has 0 bridgehead atoms. The number of benzene rings is 4. The van der Waals surface area contributed by atoms with Crippen LogP contribution in [0.2, 0.25) is 35.5 Å². The van der Waals surface area contributed by atoms with Crippen molar-refractivity contribution in [2.45, 2.75) is 36.5 Å². The van der Waals surface area contributed by atoms with Crippen LogP contribution >= 0.6 is 81.2 Å². The zero-order valence-electron chi connectivity index (χ0n) is 38.3. The van der Waals surface area contributed by atoms with Crippen molar-refractivity contribution in [2.24, 2.45) is 0 Å². The number of aromatic nitrogens is 2. The van der Waals surface area contributed by atoms with E-state index in [0.717, 1.165) is 86.5 Å². The number of carbonyl (C=O) groups is 2. The molecule has 372 valence electrons. The van der Waals surface area contributed by atoms with Gasteiger partial charge in [-0.15, -0.1) is 0 Å². The van der Waals surface area contributed by atoms with Crippen LogP contribution in [0, 0.1) is 17.5 Å². The maximum atomic E-state index is 14.1. The molecule has 2 amide bonds. The third-order valence-electron chi connectivity index (χ3n) is 14.0. The fourth-order valence-corrected chi connectivity index (χ4v) is 11.7. The van der Waals surface area contributed by atoms with E-state index in [1.54, 1.807) is 53.6 Å². The van der Waals surface area contributed by atoms with Gasteiger partial charge in [-0.1, -0.05) is 112 Å². The van der Waals surface area contributed by atoms with Gasteiger partial charge in [0.05, 0.1) is 10.0 Å². The van der Waals surface area contributed by atoms with Gasteiger partial charge in [0.2, 0.25) is 0 Å². The Kier molecular flexibility index (Phi) is 16.0. The van der Waals surface area contributed by atoms with Crippen molar-refractivity contribution < 1.29 is 22.8 Å². The van der Waals surface area contributed by atoms with E-state index in [-0.39, 0.29) is 49.4 Å². The maximum absolute atomic E-state index is 14.1. The molecule has 2 fully saturated rings. The molecule has 18 heteroatoms. The van der Waals surface area contributed by atoms with Crippen LogP contribution in [-0.4, -0.2) is 83.9 Å². The molecule has 4 aliphatic heterocycles. The first-order chi connectivity index (χ1) is 34.5. The summed E-state index contributed by atoms with van der Waals surface area (Å²) >= 11 is 42.9. The van der Waals surface area contributed by atoms with Crippen molar-refractivity contribution in [3.8, 4) is 0 Å². The number of rotatable bonds is 8. The van der Waals surface area contributed by atoms with Crippen molar-refractivity contribution in [2.75, 3.05) is 62.2 Å². The average molecular weight is 1110 g/mol. The predicted molar refractivity (Wildman–Crippen MR) is 285 cm³/mol. The Balaban J connectivity index is 0.000000178. The Hall–Kier alpha value is -4.66. The Bertz CT molecular complexity index is 3080. The zero-order valence-corrected chi connectivity index (χ0v) is 43.6. The number of piperidine rings is 2. The summed E-state index contributed by atoms with van der Waals surface area (Å²) in [6, 6.07) is 24.4. The van der Waals surface area contributed by atoms with Crippen LogP contribution < -0.4 is 9.80 Å². The molecule has 10 rings (SSSR count). The summed E-state index contributed by atoms with van der Waals surface area (Å²) in [5, 5.41) is 2.05. The van der Waals surface area contributed by atoms with E-state index < -0.39 is 11.6 Å². The van der Waals surface area contributed by atoms with Crippen LogP contribution in [-0.2, 0) is 10.8 Å². The number of nitrogens with zero attached hydrogens (tertiary/aromatic N) is 6. The van der Waals surface area contributed by atoms with E-state index >= 15 is 0 Å². The fraction of sp³-hybridized carbons (Fsp3) is 0.259. The van der Waals surface area contributed by atoms with E-state index in [4.69, 9.17) is 81.2 Å². The smallest absolute Gasteiger partial charge is 0.258 e. The molecule has 0 radical (unpaired) electrons. The van der Waals surface area contributed by atoms with E-state index in [1.165, 1.54) is 24.3 Å². The Morgan fingerprint density at radius 1 is 0.556 bits per heavy atom. The lowest BCUT2D eigenvalue weighted by Gasteiger charge is -2.39. The number of carbonyl (C=O) groups excluding carboxylic acids is 2. The van der Waals surface area contributed by atoms with Gasteiger partial charge in [-0.25, -0.2) is 23.1 Å². The largest absolute Gasteiger partial charge is 0.307 e. The molecule has 2 aromatic heterocycles. The molecule has 0 unspecified atom stereocenters. The summed E-state index contributed by atoms with van der Waals surface area (Å²) in [5.74, 6) is -1.85. The molecule has 4 aliphatic rings. The van der Waals surface area contributed by atoms with Gasteiger partial charge in [0.25, 0.3) is 11.8 Å². The molecule has 0 aliphatic carbocycles. The number of likely N-dealkylation sites (tertiary alicyclic amines) is 2. The van der Waals surface area contributed by atoms with Crippen LogP contribution in [0.15, 0.2) is 109 Å². The predicted octanol–water partition coefficient (Wildman–Crippen LogP) is 14.6. The Morgan fingerprint density at radius 3 is 1.57 bits per heavy atom. The average Bonchev–Trinajstić information content (AvgIpc) is 3.83. The molecule has 8 nitrogen and oxygen atoms in total. The molecular formula is C54H44Cl7F3N6O2. The molecule has 72 heavy (non-hydrogen) atoms. The Morgan fingerprint density at radius 2 is 1.04 bits per heavy atom. The number of pyridine rings is 2. The topological polar surface area (TPSA) is 72.9 Å². The molecule has 4 aromatic carbocycles. The number of amides is 2. The van der Waals surface area contributed by atoms with Crippen molar-refractivity contribution in [1.29, 1.82) is 0 Å². The van der Waals surface area contributed by atoms with Crippen molar-refractivity contribution in [3.63, 3.8) is 0 Å². The van der Waals surface area contributed by atoms with Gasteiger partial charge in [-0.05, 0) is 148 Å².